The van der Waals surface area contributed by atoms with E-state index in [1.165, 1.54) is 23.8 Å². The molecular formula is C33H35FN6O2S. The molecule has 0 saturated heterocycles. The zero-order valence-electron chi connectivity index (χ0n) is 24.4. The van der Waals surface area contributed by atoms with Crippen molar-refractivity contribution in [3.63, 3.8) is 0 Å². The lowest BCUT2D eigenvalue weighted by Crippen LogP contribution is -2.26. The second-order valence-corrected chi connectivity index (χ2v) is 13.1. The second-order valence-electron chi connectivity index (χ2n) is 11.3. The monoisotopic (exact) mass is 598 g/mol. The van der Waals surface area contributed by atoms with Crippen molar-refractivity contribution >= 4 is 43.4 Å². The van der Waals surface area contributed by atoms with E-state index >= 15 is 0 Å². The zero-order chi connectivity index (χ0) is 30.3. The van der Waals surface area contributed by atoms with E-state index in [4.69, 9.17) is 10.7 Å². The molecule has 1 unspecified atom stereocenters. The van der Waals surface area contributed by atoms with Gasteiger partial charge in [-0.15, -0.1) is 0 Å². The molecule has 1 atom stereocenters. The largest absolute Gasteiger partial charge is 0.382 e. The number of allylic oxidation sites excluding steroid dienone is 1. The summed E-state index contributed by atoms with van der Waals surface area (Å²) < 4.78 is 45.3. The quantitative estimate of drug-likeness (QED) is 0.188. The lowest BCUT2D eigenvalue weighted by atomic mass is 9.93. The topological polar surface area (TPSA) is 114 Å². The lowest BCUT2D eigenvalue weighted by Gasteiger charge is -2.22. The van der Waals surface area contributed by atoms with Gasteiger partial charge in [-0.3, -0.25) is 9.12 Å². The molecule has 1 aliphatic carbocycles. The van der Waals surface area contributed by atoms with Gasteiger partial charge in [0, 0.05) is 28.5 Å². The van der Waals surface area contributed by atoms with Crippen LogP contribution in [-0.2, 0) is 15.8 Å². The Morgan fingerprint density at radius 2 is 1.81 bits per heavy atom. The maximum atomic E-state index is 14.2. The van der Waals surface area contributed by atoms with E-state index in [1.54, 1.807) is 12.1 Å². The second kappa shape index (κ2) is 11.4. The number of nitrogens with one attached hydrogen (secondary N) is 2. The number of hydrogen-bond acceptors (Lipinski definition) is 6. The standard InChI is InChI=1S/C33H35FN6O2S/c1-20(2)33-38-30(31-32(35)37-18-29(40(31)33)21-12-14-23(36-3)15-13-21)26-16-17-28(25-10-6-5-9-24(25)26)39-43(41,42)19-22-8-4-7-11-27(22)34/h4-12,16-18,20,23,36,39H,13-15,19H2,1-3H3,(H2,35,37). The lowest BCUT2D eigenvalue weighted by molar-refractivity contribution is 0.522. The predicted molar refractivity (Wildman–Crippen MR) is 172 cm³/mol. The Morgan fingerprint density at radius 1 is 1.07 bits per heavy atom. The first-order valence-electron chi connectivity index (χ1n) is 14.5. The molecule has 0 spiro atoms. The summed E-state index contributed by atoms with van der Waals surface area (Å²) in [6.07, 6.45) is 7.01. The van der Waals surface area contributed by atoms with E-state index in [2.05, 4.69) is 39.3 Å². The Bertz CT molecular complexity index is 1980. The molecule has 0 bridgehead atoms. The minimum Gasteiger partial charge on any atom is -0.382 e. The molecule has 43 heavy (non-hydrogen) atoms. The van der Waals surface area contributed by atoms with E-state index in [-0.39, 0.29) is 11.5 Å². The number of anilines is 2. The van der Waals surface area contributed by atoms with Gasteiger partial charge in [0.15, 0.2) is 0 Å². The Kier molecular flexibility index (Phi) is 7.66. The number of hydrogen-bond donors (Lipinski definition) is 3. The van der Waals surface area contributed by atoms with E-state index < -0.39 is 21.6 Å². The highest BCUT2D eigenvalue weighted by Gasteiger charge is 2.25. The number of aromatic nitrogens is 3. The first-order valence-corrected chi connectivity index (χ1v) is 16.1. The van der Waals surface area contributed by atoms with Gasteiger partial charge in [0.1, 0.15) is 28.7 Å². The molecule has 5 aromatic rings. The summed E-state index contributed by atoms with van der Waals surface area (Å²) in [6, 6.07) is 17.5. The third kappa shape index (κ3) is 5.48. The molecule has 0 amide bonds. The molecule has 6 rings (SSSR count). The van der Waals surface area contributed by atoms with Crippen LogP contribution in [0.1, 0.15) is 56.1 Å². The van der Waals surface area contributed by atoms with Crippen molar-refractivity contribution < 1.29 is 12.8 Å². The number of nitrogens with zero attached hydrogens (tertiary/aromatic N) is 3. The smallest absolute Gasteiger partial charge is 0.237 e. The highest BCUT2D eigenvalue weighted by atomic mass is 32.2. The number of benzene rings is 3. The molecule has 222 valence electrons. The Balaban J connectivity index is 1.48. The van der Waals surface area contributed by atoms with Crippen LogP contribution >= 0.6 is 0 Å². The van der Waals surface area contributed by atoms with E-state index in [9.17, 15) is 12.8 Å². The van der Waals surface area contributed by atoms with Crippen molar-refractivity contribution in [2.45, 2.75) is 50.8 Å². The molecule has 10 heteroatoms. The van der Waals surface area contributed by atoms with Crippen molar-refractivity contribution in [3.8, 4) is 11.3 Å². The summed E-state index contributed by atoms with van der Waals surface area (Å²) in [7, 11) is -1.91. The third-order valence-electron chi connectivity index (χ3n) is 8.13. The number of nitrogen functional groups attached to an aromatic ring is 1. The van der Waals surface area contributed by atoms with Crippen molar-refractivity contribution in [2.75, 3.05) is 17.5 Å². The fourth-order valence-electron chi connectivity index (χ4n) is 5.92. The Labute approximate surface area is 250 Å². The predicted octanol–water partition coefficient (Wildman–Crippen LogP) is 6.49. The number of nitrogens with two attached hydrogens (primary N) is 1. The fourth-order valence-corrected chi connectivity index (χ4v) is 7.14. The molecule has 0 radical (unpaired) electrons. The van der Waals surface area contributed by atoms with Gasteiger partial charge in [-0.2, -0.15) is 0 Å². The molecule has 2 heterocycles. The average Bonchev–Trinajstić information content (AvgIpc) is 3.40. The minimum atomic E-state index is -3.90. The maximum absolute atomic E-state index is 14.2. The van der Waals surface area contributed by atoms with E-state index in [0.717, 1.165) is 47.2 Å². The van der Waals surface area contributed by atoms with Gasteiger partial charge in [0.25, 0.3) is 0 Å². The highest BCUT2D eigenvalue weighted by molar-refractivity contribution is 7.91. The number of imidazole rings is 1. The molecule has 3 aromatic carbocycles. The van der Waals surface area contributed by atoms with Crippen LogP contribution in [0.25, 0.3) is 33.1 Å². The molecule has 8 nitrogen and oxygen atoms in total. The zero-order valence-corrected chi connectivity index (χ0v) is 25.2. The minimum absolute atomic E-state index is 0.103. The molecule has 0 saturated carbocycles. The van der Waals surface area contributed by atoms with E-state index in [1.807, 2.05) is 43.6 Å². The van der Waals surface area contributed by atoms with Gasteiger partial charge >= 0.3 is 0 Å². The van der Waals surface area contributed by atoms with Gasteiger partial charge in [0.05, 0.1) is 23.3 Å². The van der Waals surface area contributed by atoms with Crippen LogP contribution in [0.15, 0.2) is 72.9 Å². The first-order chi connectivity index (χ1) is 20.7. The number of sulfonamides is 1. The SMILES string of the molecule is CNC1CC=C(c2cnc(N)c3c(-c4ccc(NS(=O)(=O)Cc5ccccc5F)c5ccccc45)nc(C(C)C)n23)CC1. The van der Waals surface area contributed by atoms with Gasteiger partial charge < -0.3 is 11.1 Å². The average molecular weight is 599 g/mol. The van der Waals surface area contributed by atoms with Crippen LogP contribution in [0.5, 0.6) is 0 Å². The van der Waals surface area contributed by atoms with Gasteiger partial charge in [-0.05, 0) is 55.5 Å². The van der Waals surface area contributed by atoms with Gasteiger partial charge in [-0.25, -0.2) is 22.8 Å². The number of rotatable bonds is 8. The van der Waals surface area contributed by atoms with Gasteiger partial charge in [0.2, 0.25) is 10.0 Å². The number of halogens is 1. The van der Waals surface area contributed by atoms with Crippen LogP contribution < -0.4 is 15.8 Å². The molecule has 0 fully saturated rings. The van der Waals surface area contributed by atoms with Gasteiger partial charge in [-0.1, -0.05) is 62.4 Å². The highest BCUT2D eigenvalue weighted by Crippen LogP contribution is 2.39. The van der Waals surface area contributed by atoms with Crippen LogP contribution in [0.4, 0.5) is 15.9 Å². The summed E-state index contributed by atoms with van der Waals surface area (Å²) >= 11 is 0. The molecule has 2 aromatic heterocycles. The normalized spacial score (nSPS) is 15.7. The van der Waals surface area contributed by atoms with Crippen LogP contribution in [0.3, 0.4) is 0 Å². The summed E-state index contributed by atoms with van der Waals surface area (Å²) in [5.41, 5.74) is 11.5. The van der Waals surface area contributed by atoms with Crippen molar-refractivity contribution in [1.29, 1.82) is 0 Å². The summed E-state index contributed by atoms with van der Waals surface area (Å²) in [6.45, 7) is 4.22. The molecular weight excluding hydrogens is 563 g/mol. The number of fused-ring (bicyclic) bond motifs is 2. The Hall–Kier alpha value is -4.28. The van der Waals surface area contributed by atoms with Crippen molar-refractivity contribution in [2.24, 2.45) is 0 Å². The van der Waals surface area contributed by atoms with E-state index in [0.29, 0.717) is 28.6 Å². The summed E-state index contributed by atoms with van der Waals surface area (Å²) in [5.74, 6) is 0.324. The van der Waals surface area contributed by atoms with Crippen LogP contribution in [0.2, 0.25) is 0 Å². The maximum Gasteiger partial charge on any atom is 0.237 e. The molecule has 0 aliphatic heterocycles. The van der Waals surface area contributed by atoms with Crippen molar-refractivity contribution in [1.82, 2.24) is 19.7 Å². The molecule has 1 aliphatic rings. The third-order valence-corrected chi connectivity index (χ3v) is 9.35. The summed E-state index contributed by atoms with van der Waals surface area (Å²) in [5, 5.41) is 4.87. The fraction of sp³-hybridized carbons (Fsp3) is 0.273. The Morgan fingerprint density at radius 3 is 2.51 bits per heavy atom. The van der Waals surface area contributed by atoms with Crippen molar-refractivity contribution in [3.05, 3.63) is 95.8 Å². The first kappa shape index (κ1) is 28.8. The van der Waals surface area contributed by atoms with Crippen LogP contribution in [0, 0.1) is 5.82 Å². The molecule has 4 N–H and O–H groups in total. The summed E-state index contributed by atoms with van der Waals surface area (Å²) in [4.78, 5) is 9.76. The van der Waals surface area contributed by atoms with Crippen LogP contribution in [-0.4, -0.2) is 35.9 Å².